The second-order valence-corrected chi connectivity index (χ2v) is 5.10. The lowest BCUT2D eigenvalue weighted by Crippen LogP contribution is -2.11. The molecule has 0 spiro atoms. The number of benzene rings is 2. The van der Waals surface area contributed by atoms with Crippen LogP contribution in [0.2, 0.25) is 0 Å². The van der Waals surface area contributed by atoms with Crippen molar-refractivity contribution in [3.63, 3.8) is 0 Å². The number of methoxy groups -OCH3 is 2. The van der Waals surface area contributed by atoms with Crippen molar-refractivity contribution in [1.82, 2.24) is 4.98 Å². The van der Waals surface area contributed by atoms with E-state index in [2.05, 4.69) is 10.3 Å². The molecule has 6 nitrogen and oxygen atoms in total. The molecule has 0 radical (unpaired) electrons. The Bertz CT molecular complexity index is 937. The molecule has 0 aliphatic heterocycles. The second kappa shape index (κ2) is 6.34. The van der Waals surface area contributed by atoms with E-state index in [1.807, 2.05) is 6.07 Å². The lowest BCUT2D eigenvalue weighted by atomic mass is 10.1. The lowest BCUT2D eigenvalue weighted by molar-refractivity contribution is 0.102. The van der Waals surface area contributed by atoms with Gasteiger partial charge in [-0.3, -0.25) is 4.79 Å². The first-order chi connectivity index (χ1) is 11.7. The molecule has 24 heavy (non-hydrogen) atoms. The molecule has 1 amide bonds. The van der Waals surface area contributed by atoms with Crippen molar-refractivity contribution in [3.05, 3.63) is 53.7 Å². The van der Waals surface area contributed by atoms with Crippen molar-refractivity contribution in [1.29, 1.82) is 5.26 Å². The van der Waals surface area contributed by atoms with Crippen LogP contribution >= 0.6 is 0 Å². The van der Waals surface area contributed by atoms with Gasteiger partial charge in [0.2, 0.25) is 0 Å². The van der Waals surface area contributed by atoms with Gasteiger partial charge in [0.15, 0.2) is 11.5 Å². The summed E-state index contributed by atoms with van der Waals surface area (Å²) in [7, 11) is 3.11. The van der Waals surface area contributed by atoms with Crippen molar-refractivity contribution >= 4 is 22.5 Å². The van der Waals surface area contributed by atoms with E-state index in [0.29, 0.717) is 28.3 Å². The third-order valence-electron chi connectivity index (χ3n) is 3.70. The highest BCUT2D eigenvalue weighted by atomic mass is 16.5. The van der Waals surface area contributed by atoms with Crippen molar-refractivity contribution in [2.75, 3.05) is 19.5 Å². The maximum Gasteiger partial charge on any atom is 0.257 e. The van der Waals surface area contributed by atoms with Crippen molar-refractivity contribution < 1.29 is 14.3 Å². The Labute approximate surface area is 138 Å². The third kappa shape index (κ3) is 2.75. The molecule has 0 aliphatic carbocycles. The van der Waals surface area contributed by atoms with Gasteiger partial charge < -0.3 is 19.8 Å². The van der Waals surface area contributed by atoms with Gasteiger partial charge in [0.1, 0.15) is 0 Å². The molecule has 0 aliphatic rings. The predicted octanol–water partition coefficient (Wildman–Crippen LogP) is 3.31. The van der Waals surface area contributed by atoms with Crippen LogP contribution in [0.25, 0.3) is 10.9 Å². The average Bonchev–Trinajstić information content (AvgIpc) is 3.03. The quantitative estimate of drug-likeness (QED) is 0.772. The van der Waals surface area contributed by atoms with E-state index in [1.165, 1.54) is 0 Å². The summed E-state index contributed by atoms with van der Waals surface area (Å²) in [5, 5.41) is 12.4. The summed E-state index contributed by atoms with van der Waals surface area (Å²) in [6.45, 7) is 0. The smallest absolute Gasteiger partial charge is 0.257 e. The van der Waals surface area contributed by atoms with Gasteiger partial charge in [-0.05, 0) is 30.3 Å². The van der Waals surface area contributed by atoms with E-state index in [-0.39, 0.29) is 5.91 Å². The molecule has 0 fully saturated rings. The number of nitriles is 1. The number of hydrogen-bond acceptors (Lipinski definition) is 4. The second-order valence-electron chi connectivity index (χ2n) is 5.10. The molecular formula is C18H15N3O3. The zero-order chi connectivity index (χ0) is 17.1. The number of nitrogens with zero attached hydrogens (tertiary/aromatic N) is 1. The average molecular weight is 321 g/mol. The standard InChI is InChI=1S/C18H15N3O3/c1-23-16-7-13-14(10-20-15(13)8-17(16)24-2)18(22)21-12-5-3-11(9-19)4-6-12/h3-8,10,20H,1-2H3,(H,21,22). The Hall–Kier alpha value is -3.46. The summed E-state index contributed by atoms with van der Waals surface area (Å²) in [4.78, 5) is 15.6. The van der Waals surface area contributed by atoms with E-state index < -0.39 is 0 Å². The number of fused-ring (bicyclic) bond motifs is 1. The molecule has 0 atom stereocenters. The fraction of sp³-hybridized carbons (Fsp3) is 0.111. The highest BCUT2D eigenvalue weighted by Gasteiger charge is 2.15. The number of nitrogens with one attached hydrogen (secondary N) is 2. The molecule has 2 aromatic carbocycles. The van der Waals surface area contributed by atoms with Crippen molar-refractivity contribution in [2.45, 2.75) is 0 Å². The van der Waals surface area contributed by atoms with Gasteiger partial charge in [0, 0.05) is 23.3 Å². The molecule has 3 rings (SSSR count). The van der Waals surface area contributed by atoms with Crippen LogP contribution in [-0.4, -0.2) is 25.1 Å². The predicted molar refractivity (Wildman–Crippen MR) is 90.5 cm³/mol. The van der Waals surface area contributed by atoms with Gasteiger partial charge in [0.05, 0.1) is 36.9 Å². The number of carbonyl (C=O) groups is 1. The molecule has 0 saturated heterocycles. The van der Waals surface area contributed by atoms with E-state index in [9.17, 15) is 4.79 Å². The van der Waals surface area contributed by atoms with Crippen molar-refractivity contribution in [2.24, 2.45) is 0 Å². The fourth-order valence-electron chi connectivity index (χ4n) is 2.46. The largest absolute Gasteiger partial charge is 0.493 e. The van der Waals surface area contributed by atoms with E-state index in [1.54, 1.807) is 56.8 Å². The molecule has 6 heteroatoms. The van der Waals surface area contributed by atoms with Crippen molar-refractivity contribution in [3.8, 4) is 17.6 Å². The van der Waals surface area contributed by atoms with Gasteiger partial charge in [-0.1, -0.05) is 0 Å². The summed E-state index contributed by atoms with van der Waals surface area (Å²) < 4.78 is 10.6. The molecule has 120 valence electrons. The number of aromatic amines is 1. The number of rotatable bonds is 4. The van der Waals surface area contributed by atoms with Crippen LogP contribution in [0.4, 0.5) is 5.69 Å². The molecule has 3 aromatic rings. The summed E-state index contributed by atoms with van der Waals surface area (Å²) >= 11 is 0. The highest BCUT2D eigenvalue weighted by Crippen LogP contribution is 2.33. The van der Waals surface area contributed by atoms with Gasteiger partial charge in [-0.25, -0.2) is 0 Å². The normalized spacial score (nSPS) is 10.2. The summed E-state index contributed by atoms with van der Waals surface area (Å²) in [5.41, 5.74) is 2.43. The van der Waals surface area contributed by atoms with Gasteiger partial charge in [-0.15, -0.1) is 0 Å². The molecule has 0 bridgehead atoms. The lowest BCUT2D eigenvalue weighted by Gasteiger charge is -2.08. The molecule has 0 saturated carbocycles. The highest BCUT2D eigenvalue weighted by molar-refractivity contribution is 6.13. The van der Waals surface area contributed by atoms with E-state index in [4.69, 9.17) is 14.7 Å². The minimum atomic E-state index is -0.252. The number of carbonyl (C=O) groups excluding carboxylic acids is 1. The van der Waals surface area contributed by atoms with Gasteiger partial charge in [-0.2, -0.15) is 5.26 Å². The number of ether oxygens (including phenoxy) is 2. The Balaban J connectivity index is 1.93. The molecule has 0 unspecified atom stereocenters. The van der Waals surface area contributed by atoms with Crippen LogP contribution < -0.4 is 14.8 Å². The van der Waals surface area contributed by atoms with Crippen LogP contribution in [0.3, 0.4) is 0 Å². The summed E-state index contributed by atoms with van der Waals surface area (Å²) in [6, 6.07) is 12.3. The number of anilines is 1. The maximum absolute atomic E-state index is 12.5. The first-order valence-corrected chi connectivity index (χ1v) is 7.21. The Morgan fingerprint density at radius 3 is 2.42 bits per heavy atom. The van der Waals surface area contributed by atoms with Crippen LogP contribution in [0, 0.1) is 11.3 Å². The van der Waals surface area contributed by atoms with Crippen LogP contribution in [0.1, 0.15) is 15.9 Å². The van der Waals surface area contributed by atoms with E-state index >= 15 is 0 Å². The van der Waals surface area contributed by atoms with E-state index in [0.717, 1.165) is 10.9 Å². The zero-order valence-corrected chi connectivity index (χ0v) is 13.2. The number of hydrogen-bond donors (Lipinski definition) is 2. The van der Waals surface area contributed by atoms with Gasteiger partial charge >= 0.3 is 0 Å². The number of aromatic nitrogens is 1. The summed E-state index contributed by atoms with van der Waals surface area (Å²) in [6.07, 6.45) is 1.64. The van der Waals surface area contributed by atoms with Gasteiger partial charge in [0.25, 0.3) is 5.91 Å². The van der Waals surface area contributed by atoms with Crippen LogP contribution in [-0.2, 0) is 0 Å². The first-order valence-electron chi connectivity index (χ1n) is 7.21. The summed E-state index contributed by atoms with van der Waals surface area (Å²) in [5.74, 6) is 0.890. The molecular weight excluding hydrogens is 306 g/mol. The topological polar surface area (TPSA) is 87.1 Å². The number of H-pyrrole nitrogens is 1. The third-order valence-corrected chi connectivity index (χ3v) is 3.70. The SMILES string of the molecule is COc1cc2[nH]cc(C(=O)Nc3ccc(C#N)cc3)c2cc1OC. The van der Waals surface area contributed by atoms with Crippen LogP contribution in [0.15, 0.2) is 42.6 Å². The van der Waals surface area contributed by atoms with Crippen LogP contribution in [0.5, 0.6) is 11.5 Å². The Kier molecular flexibility index (Phi) is 4.08. The zero-order valence-electron chi connectivity index (χ0n) is 13.2. The number of amides is 1. The minimum Gasteiger partial charge on any atom is -0.493 e. The molecule has 2 N–H and O–H groups in total. The Morgan fingerprint density at radius 2 is 1.79 bits per heavy atom. The fourth-order valence-corrected chi connectivity index (χ4v) is 2.46. The molecule has 1 aromatic heterocycles. The molecule has 1 heterocycles. The Morgan fingerprint density at radius 1 is 1.12 bits per heavy atom. The minimum absolute atomic E-state index is 0.252. The first kappa shape index (κ1) is 15.4. The monoisotopic (exact) mass is 321 g/mol. The maximum atomic E-state index is 12.5.